The molecule has 0 fully saturated rings. The number of fused-ring (bicyclic) bond motifs is 1. The van der Waals surface area contributed by atoms with Gasteiger partial charge < -0.3 is 10.8 Å². The number of aryl methyl sites for hydroxylation is 1. The lowest BCUT2D eigenvalue weighted by Crippen LogP contribution is -1.97. The molecule has 0 saturated carbocycles. The summed E-state index contributed by atoms with van der Waals surface area (Å²) in [6.07, 6.45) is 5.25. The molecule has 0 amide bonds. The lowest BCUT2D eigenvalue weighted by atomic mass is 10.0. The molecule has 0 atom stereocenters. The number of anilines is 1. The van der Waals surface area contributed by atoms with Gasteiger partial charge in [-0.3, -0.25) is 0 Å². The van der Waals surface area contributed by atoms with Crippen LogP contribution in [-0.2, 0) is 0 Å². The van der Waals surface area contributed by atoms with E-state index in [4.69, 9.17) is 10.8 Å². The molecule has 0 radical (unpaired) electrons. The van der Waals surface area contributed by atoms with Crippen molar-refractivity contribution in [3.05, 3.63) is 52.2 Å². The predicted octanol–water partition coefficient (Wildman–Crippen LogP) is 3.45. The zero-order valence-corrected chi connectivity index (χ0v) is 12.6. The van der Waals surface area contributed by atoms with E-state index in [0.29, 0.717) is 5.82 Å². The van der Waals surface area contributed by atoms with Crippen molar-refractivity contribution < 1.29 is 9.90 Å². The quantitative estimate of drug-likeness (QED) is 0.773. The highest BCUT2D eigenvalue weighted by atomic mass is 32.1. The second-order valence-electron chi connectivity index (χ2n) is 4.84. The molecule has 0 unspecified atom stereocenters. The van der Waals surface area contributed by atoms with Gasteiger partial charge in [-0.15, -0.1) is 11.3 Å². The van der Waals surface area contributed by atoms with Crippen LogP contribution in [0.25, 0.3) is 22.4 Å². The van der Waals surface area contributed by atoms with Crippen molar-refractivity contribution in [3.63, 3.8) is 0 Å². The van der Waals surface area contributed by atoms with E-state index >= 15 is 0 Å². The van der Waals surface area contributed by atoms with Gasteiger partial charge in [-0.05, 0) is 30.2 Å². The van der Waals surface area contributed by atoms with Crippen molar-refractivity contribution in [1.29, 1.82) is 0 Å². The molecule has 1 aromatic carbocycles. The standard InChI is InChI=1S/C16H13N3O2S/c1-9-2-3-11(16(20)21)6-10(9)4-5-12-7-22-14-13(12)18-8-19-15(14)17/h2-8H,1H3,(H,20,21)(H2,17,18,19)/b5-4+. The number of nitrogens with zero attached hydrogens (tertiary/aromatic N) is 2. The fourth-order valence-corrected chi connectivity index (χ4v) is 3.03. The third kappa shape index (κ3) is 2.56. The first-order chi connectivity index (χ1) is 10.6. The Morgan fingerprint density at radius 3 is 2.82 bits per heavy atom. The summed E-state index contributed by atoms with van der Waals surface area (Å²) >= 11 is 1.49. The van der Waals surface area contributed by atoms with Crippen LogP contribution in [0.4, 0.5) is 5.82 Å². The van der Waals surface area contributed by atoms with Gasteiger partial charge in [0.05, 0.1) is 15.8 Å². The molecule has 3 rings (SSSR count). The molecule has 0 aliphatic carbocycles. The Balaban J connectivity index is 2.01. The van der Waals surface area contributed by atoms with Crippen LogP contribution < -0.4 is 5.73 Å². The number of aromatic nitrogens is 2. The summed E-state index contributed by atoms with van der Waals surface area (Å²) in [5.41, 5.74) is 9.71. The number of carboxylic acid groups (broad SMARTS) is 1. The van der Waals surface area contributed by atoms with Gasteiger partial charge in [0.2, 0.25) is 0 Å². The number of carbonyl (C=O) groups is 1. The molecular weight excluding hydrogens is 298 g/mol. The molecule has 0 saturated heterocycles. The summed E-state index contributed by atoms with van der Waals surface area (Å²) in [6.45, 7) is 1.94. The van der Waals surface area contributed by atoms with Gasteiger partial charge in [-0.25, -0.2) is 14.8 Å². The normalized spacial score (nSPS) is 11.3. The summed E-state index contributed by atoms with van der Waals surface area (Å²) in [5.74, 6) is -0.463. The molecule has 3 aromatic rings. The topological polar surface area (TPSA) is 89.1 Å². The lowest BCUT2D eigenvalue weighted by molar-refractivity contribution is 0.0697. The first-order valence-corrected chi connectivity index (χ1v) is 7.44. The highest BCUT2D eigenvalue weighted by Gasteiger charge is 2.07. The van der Waals surface area contributed by atoms with E-state index in [-0.39, 0.29) is 5.56 Å². The minimum Gasteiger partial charge on any atom is -0.478 e. The highest BCUT2D eigenvalue weighted by Crippen LogP contribution is 2.29. The lowest BCUT2D eigenvalue weighted by Gasteiger charge is -2.02. The summed E-state index contributed by atoms with van der Waals surface area (Å²) < 4.78 is 0.859. The van der Waals surface area contributed by atoms with Crippen molar-refractivity contribution in [3.8, 4) is 0 Å². The number of nitrogens with two attached hydrogens (primary N) is 1. The van der Waals surface area contributed by atoms with Gasteiger partial charge in [0.15, 0.2) is 0 Å². The van der Waals surface area contributed by atoms with Crippen molar-refractivity contribution >= 4 is 45.5 Å². The highest BCUT2D eigenvalue weighted by molar-refractivity contribution is 7.18. The van der Waals surface area contributed by atoms with Crippen molar-refractivity contribution in [1.82, 2.24) is 9.97 Å². The van der Waals surface area contributed by atoms with Crippen LogP contribution >= 0.6 is 11.3 Å². The SMILES string of the molecule is Cc1ccc(C(=O)O)cc1/C=C/c1csc2c(N)ncnc12. The summed E-state index contributed by atoms with van der Waals surface area (Å²) in [5, 5.41) is 11.0. The number of hydrogen-bond donors (Lipinski definition) is 2. The maximum absolute atomic E-state index is 11.1. The predicted molar refractivity (Wildman–Crippen MR) is 88.9 cm³/mol. The molecule has 0 aliphatic rings. The van der Waals surface area contributed by atoms with E-state index in [2.05, 4.69) is 9.97 Å². The first kappa shape index (κ1) is 14.2. The molecule has 0 bridgehead atoms. The minimum absolute atomic E-state index is 0.270. The number of benzene rings is 1. The van der Waals surface area contributed by atoms with Gasteiger partial charge in [-0.1, -0.05) is 18.2 Å². The first-order valence-electron chi connectivity index (χ1n) is 6.56. The van der Waals surface area contributed by atoms with E-state index in [9.17, 15) is 4.79 Å². The average Bonchev–Trinajstić information content (AvgIpc) is 2.91. The second-order valence-corrected chi connectivity index (χ2v) is 5.72. The number of carboxylic acids is 1. The summed E-state index contributed by atoms with van der Waals surface area (Å²) in [6, 6.07) is 5.06. The Hall–Kier alpha value is -2.73. The Morgan fingerprint density at radius 2 is 2.05 bits per heavy atom. The van der Waals surface area contributed by atoms with Crippen LogP contribution in [0.3, 0.4) is 0 Å². The zero-order valence-electron chi connectivity index (χ0n) is 11.8. The third-order valence-electron chi connectivity index (χ3n) is 3.38. The zero-order chi connectivity index (χ0) is 15.7. The Labute approximate surface area is 130 Å². The number of thiophene rings is 1. The van der Waals surface area contributed by atoms with Crippen LogP contribution in [0.1, 0.15) is 27.0 Å². The fourth-order valence-electron chi connectivity index (χ4n) is 2.14. The van der Waals surface area contributed by atoms with E-state index in [0.717, 1.165) is 26.9 Å². The van der Waals surface area contributed by atoms with E-state index in [1.807, 2.05) is 24.5 Å². The van der Waals surface area contributed by atoms with Crippen LogP contribution in [0.15, 0.2) is 29.9 Å². The number of hydrogen-bond acceptors (Lipinski definition) is 5. The average molecular weight is 311 g/mol. The largest absolute Gasteiger partial charge is 0.478 e. The van der Waals surface area contributed by atoms with Gasteiger partial charge in [-0.2, -0.15) is 0 Å². The van der Waals surface area contributed by atoms with Crippen molar-refractivity contribution in [2.24, 2.45) is 0 Å². The number of rotatable bonds is 3. The molecule has 0 aliphatic heterocycles. The van der Waals surface area contributed by atoms with Gasteiger partial charge >= 0.3 is 5.97 Å². The monoisotopic (exact) mass is 311 g/mol. The molecule has 2 heterocycles. The van der Waals surface area contributed by atoms with Gasteiger partial charge in [0.1, 0.15) is 12.1 Å². The molecule has 110 valence electrons. The molecular formula is C16H13N3O2S. The van der Waals surface area contributed by atoms with E-state index < -0.39 is 5.97 Å². The van der Waals surface area contributed by atoms with Crippen LogP contribution in [0, 0.1) is 6.92 Å². The van der Waals surface area contributed by atoms with Crippen LogP contribution in [0.2, 0.25) is 0 Å². The maximum Gasteiger partial charge on any atom is 0.335 e. The summed E-state index contributed by atoms with van der Waals surface area (Å²) in [7, 11) is 0. The molecule has 3 N–H and O–H groups in total. The number of aromatic carboxylic acids is 1. The van der Waals surface area contributed by atoms with Crippen LogP contribution in [-0.4, -0.2) is 21.0 Å². The Kier molecular flexibility index (Phi) is 3.60. The molecule has 2 aromatic heterocycles. The number of nitrogen functional groups attached to an aromatic ring is 1. The van der Waals surface area contributed by atoms with E-state index in [1.165, 1.54) is 17.7 Å². The molecule has 5 nitrogen and oxygen atoms in total. The maximum atomic E-state index is 11.1. The van der Waals surface area contributed by atoms with Gasteiger partial charge in [0, 0.05) is 10.9 Å². The Bertz CT molecular complexity index is 900. The molecule has 22 heavy (non-hydrogen) atoms. The van der Waals surface area contributed by atoms with Crippen molar-refractivity contribution in [2.75, 3.05) is 5.73 Å². The third-order valence-corrected chi connectivity index (χ3v) is 4.39. The smallest absolute Gasteiger partial charge is 0.335 e. The molecule has 0 spiro atoms. The Morgan fingerprint density at radius 1 is 1.27 bits per heavy atom. The van der Waals surface area contributed by atoms with Gasteiger partial charge in [0.25, 0.3) is 0 Å². The minimum atomic E-state index is -0.934. The summed E-state index contributed by atoms with van der Waals surface area (Å²) in [4.78, 5) is 19.3. The second kappa shape index (κ2) is 5.57. The van der Waals surface area contributed by atoms with E-state index in [1.54, 1.807) is 18.2 Å². The molecule has 6 heteroatoms. The van der Waals surface area contributed by atoms with Crippen molar-refractivity contribution in [2.45, 2.75) is 6.92 Å². The fraction of sp³-hybridized carbons (Fsp3) is 0.0625. The van der Waals surface area contributed by atoms with Crippen LogP contribution in [0.5, 0.6) is 0 Å².